The number of benzene rings is 2. The summed E-state index contributed by atoms with van der Waals surface area (Å²) >= 11 is 18.1. The molecule has 0 radical (unpaired) electrons. The largest absolute Gasteiger partial charge is 0.355 e. The molecule has 2 rings (SSSR count). The lowest BCUT2D eigenvalue weighted by atomic mass is 10.1. The van der Waals surface area contributed by atoms with Gasteiger partial charge in [0.25, 0.3) is 0 Å². The Hall–Kier alpha value is -2.07. The normalized spacial score (nSPS) is 12.2. The summed E-state index contributed by atoms with van der Waals surface area (Å²) in [6, 6.07) is 7.28. The van der Waals surface area contributed by atoms with E-state index in [4.69, 9.17) is 34.8 Å². The molecule has 0 saturated heterocycles. The quantitative estimate of drug-likeness (QED) is 0.487. The SMILES string of the molecule is CCNC(=O)[C@@H](C)N(Cc1ccccc1F)C(=O)CN(c1cc(Cl)c(Cl)cc1Cl)S(C)(=O)=O. The van der Waals surface area contributed by atoms with E-state index in [1.807, 2.05) is 0 Å². The van der Waals surface area contributed by atoms with Crippen molar-refractivity contribution >= 4 is 62.3 Å². The molecule has 2 amide bonds. The molecule has 0 bridgehead atoms. The highest BCUT2D eigenvalue weighted by molar-refractivity contribution is 7.92. The number of halogens is 4. The van der Waals surface area contributed by atoms with Gasteiger partial charge in [-0.2, -0.15) is 0 Å². The zero-order chi connectivity index (χ0) is 24.9. The van der Waals surface area contributed by atoms with Crippen LogP contribution in [0.2, 0.25) is 15.1 Å². The number of carbonyl (C=O) groups is 2. The van der Waals surface area contributed by atoms with Crippen molar-refractivity contribution in [3.05, 3.63) is 62.8 Å². The molecule has 12 heteroatoms. The van der Waals surface area contributed by atoms with Gasteiger partial charge in [-0.25, -0.2) is 12.8 Å². The Bertz CT molecular complexity index is 1150. The summed E-state index contributed by atoms with van der Waals surface area (Å²) in [7, 11) is -4.01. The molecule has 180 valence electrons. The van der Waals surface area contributed by atoms with Crippen molar-refractivity contribution in [2.24, 2.45) is 0 Å². The minimum absolute atomic E-state index is 0.0380. The lowest BCUT2D eigenvalue weighted by molar-refractivity contribution is -0.139. The fraction of sp³-hybridized carbons (Fsp3) is 0.333. The summed E-state index contributed by atoms with van der Waals surface area (Å²) in [6.45, 7) is 2.55. The Morgan fingerprint density at radius 1 is 1.09 bits per heavy atom. The van der Waals surface area contributed by atoms with E-state index in [0.29, 0.717) is 6.54 Å². The van der Waals surface area contributed by atoms with Crippen molar-refractivity contribution < 1.29 is 22.4 Å². The second-order valence-corrected chi connectivity index (χ2v) is 10.3. The third-order valence-electron chi connectivity index (χ3n) is 4.75. The highest BCUT2D eigenvalue weighted by atomic mass is 35.5. The number of nitrogens with zero attached hydrogens (tertiary/aromatic N) is 2. The molecular weight excluding hydrogens is 516 g/mol. The number of rotatable bonds is 9. The van der Waals surface area contributed by atoms with Crippen LogP contribution in [0.3, 0.4) is 0 Å². The molecule has 0 saturated carbocycles. The van der Waals surface area contributed by atoms with Crippen molar-refractivity contribution in [2.45, 2.75) is 26.4 Å². The molecule has 0 heterocycles. The molecule has 0 unspecified atom stereocenters. The Kier molecular flexibility index (Phi) is 9.37. The van der Waals surface area contributed by atoms with Gasteiger partial charge in [-0.1, -0.05) is 53.0 Å². The number of anilines is 1. The number of sulfonamides is 1. The van der Waals surface area contributed by atoms with Gasteiger partial charge in [-0.15, -0.1) is 0 Å². The molecule has 0 aliphatic carbocycles. The fourth-order valence-electron chi connectivity index (χ4n) is 3.01. The van der Waals surface area contributed by atoms with Gasteiger partial charge in [0, 0.05) is 18.7 Å². The summed E-state index contributed by atoms with van der Waals surface area (Å²) in [4.78, 5) is 26.9. The van der Waals surface area contributed by atoms with Crippen LogP contribution in [-0.4, -0.2) is 50.5 Å². The average molecular weight is 539 g/mol. The second kappa shape index (κ2) is 11.4. The van der Waals surface area contributed by atoms with Crippen molar-refractivity contribution in [2.75, 3.05) is 23.7 Å². The third-order valence-corrected chi connectivity index (χ3v) is 6.91. The van der Waals surface area contributed by atoms with Crippen molar-refractivity contribution in [3.8, 4) is 0 Å². The van der Waals surface area contributed by atoms with Crippen LogP contribution >= 0.6 is 34.8 Å². The maximum atomic E-state index is 14.3. The summed E-state index contributed by atoms with van der Waals surface area (Å²) in [6.07, 6.45) is 0.896. The van der Waals surface area contributed by atoms with E-state index in [1.54, 1.807) is 13.0 Å². The number of amides is 2. The first-order chi connectivity index (χ1) is 15.4. The summed E-state index contributed by atoms with van der Waals surface area (Å²) in [5, 5.41) is 2.71. The lowest BCUT2D eigenvalue weighted by Gasteiger charge is -2.31. The molecule has 2 aromatic carbocycles. The monoisotopic (exact) mass is 537 g/mol. The van der Waals surface area contributed by atoms with Crippen LogP contribution in [0.4, 0.5) is 10.1 Å². The Morgan fingerprint density at radius 3 is 2.27 bits per heavy atom. The van der Waals surface area contributed by atoms with Gasteiger partial charge in [0.05, 0.1) is 27.0 Å². The van der Waals surface area contributed by atoms with Gasteiger partial charge < -0.3 is 10.2 Å². The van der Waals surface area contributed by atoms with Crippen LogP contribution in [0.15, 0.2) is 36.4 Å². The van der Waals surface area contributed by atoms with E-state index in [9.17, 15) is 22.4 Å². The van der Waals surface area contributed by atoms with Crippen LogP contribution < -0.4 is 9.62 Å². The van der Waals surface area contributed by atoms with E-state index >= 15 is 0 Å². The van der Waals surface area contributed by atoms with E-state index in [-0.39, 0.29) is 32.9 Å². The highest BCUT2D eigenvalue weighted by Gasteiger charge is 2.31. The second-order valence-electron chi connectivity index (χ2n) is 7.17. The van der Waals surface area contributed by atoms with Crippen molar-refractivity contribution in [1.82, 2.24) is 10.2 Å². The molecular formula is C21H23Cl3FN3O4S. The van der Waals surface area contributed by atoms with Crippen molar-refractivity contribution in [1.29, 1.82) is 0 Å². The zero-order valence-electron chi connectivity index (χ0n) is 18.1. The molecule has 1 atom stereocenters. The molecule has 0 spiro atoms. The van der Waals surface area contributed by atoms with E-state index in [1.165, 1.54) is 37.3 Å². The van der Waals surface area contributed by atoms with Gasteiger partial charge >= 0.3 is 0 Å². The maximum Gasteiger partial charge on any atom is 0.244 e. The molecule has 0 fully saturated rings. The standard InChI is InChI=1S/C21H23Cl3FN3O4S/c1-4-26-21(30)13(2)27(11-14-7-5-6-8-18(14)25)20(29)12-28(33(3,31)32)19-10-16(23)15(22)9-17(19)24/h5-10,13H,4,11-12H2,1-3H3,(H,26,30)/t13-/m1/s1. The summed E-state index contributed by atoms with van der Waals surface area (Å²) < 4.78 is 40.1. The van der Waals surface area contributed by atoms with E-state index in [0.717, 1.165) is 15.5 Å². The third kappa shape index (κ3) is 6.96. The predicted molar refractivity (Wildman–Crippen MR) is 129 cm³/mol. The van der Waals surface area contributed by atoms with Gasteiger partial charge in [0.15, 0.2) is 0 Å². The molecule has 0 aliphatic rings. The van der Waals surface area contributed by atoms with E-state index < -0.39 is 40.2 Å². The first kappa shape index (κ1) is 27.2. The fourth-order valence-corrected chi connectivity index (χ4v) is 4.56. The highest BCUT2D eigenvalue weighted by Crippen LogP contribution is 2.35. The molecule has 2 aromatic rings. The Morgan fingerprint density at radius 2 is 1.70 bits per heavy atom. The maximum absolute atomic E-state index is 14.3. The Balaban J connectivity index is 2.47. The van der Waals surface area contributed by atoms with Gasteiger partial charge in [-0.05, 0) is 32.0 Å². The lowest BCUT2D eigenvalue weighted by Crippen LogP contribution is -2.51. The number of hydrogen-bond donors (Lipinski definition) is 1. The minimum Gasteiger partial charge on any atom is -0.355 e. The van der Waals surface area contributed by atoms with Crippen molar-refractivity contribution in [3.63, 3.8) is 0 Å². The van der Waals surface area contributed by atoms with Gasteiger partial charge in [0.2, 0.25) is 21.8 Å². The van der Waals surface area contributed by atoms with Gasteiger partial charge in [-0.3, -0.25) is 13.9 Å². The first-order valence-corrected chi connectivity index (χ1v) is 12.8. The topological polar surface area (TPSA) is 86.8 Å². The van der Waals surface area contributed by atoms with Gasteiger partial charge in [0.1, 0.15) is 18.4 Å². The van der Waals surface area contributed by atoms with Crippen LogP contribution in [-0.2, 0) is 26.2 Å². The minimum atomic E-state index is -4.01. The number of carbonyl (C=O) groups excluding carboxylic acids is 2. The number of hydrogen-bond acceptors (Lipinski definition) is 4. The van der Waals surface area contributed by atoms with Crippen LogP contribution in [0.25, 0.3) is 0 Å². The zero-order valence-corrected chi connectivity index (χ0v) is 21.2. The summed E-state index contributed by atoms with van der Waals surface area (Å²) in [5.41, 5.74) is 0.110. The number of nitrogens with one attached hydrogen (secondary N) is 1. The summed E-state index contributed by atoms with van der Waals surface area (Å²) in [5.74, 6) is -1.78. The molecule has 33 heavy (non-hydrogen) atoms. The number of likely N-dealkylation sites (N-methyl/N-ethyl adjacent to an activating group) is 1. The molecule has 0 aliphatic heterocycles. The smallest absolute Gasteiger partial charge is 0.244 e. The first-order valence-electron chi connectivity index (χ1n) is 9.79. The molecule has 0 aromatic heterocycles. The van der Waals surface area contributed by atoms with Crippen LogP contribution in [0, 0.1) is 5.82 Å². The Labute approximate surface area is 207 Å². The van der Waals surface area contributed by atoms with Crippen LogP contribution in [0.1, 0.15) is 19.4 Å². The van der Waals surface area contributed by atoms with Crippen LogP contribution in [0.5, 0.6) is 0 Å². The molecule has 1 N–H and O–H groups in total. The van der Waals surface area contributed by atoms with E-state index in [2.05, 4.69) is 5.32 Å². The predicted octanol–water partition coefficient (Wildman–Crippen LogP) is 4.11. The molecule has 7 nitrogen and oxygen atoms in total. The average Bonchev–Trinajstić information content (AvgIpc) is 2.73.